The van der Waals surface area contributed by atoms with E-state index in [0.717, 1.165) is 10.7 Å². The summed E-state index contributed by atoms with van der Waals surface area (Å²) < 4.78 is 47.9. The summed E-state index contributed by atoms with van der Waals surface area (Å²) in [5.74, 6) is -0.881. The maximum absolute atomic E-state index is 13.9. The first-order chi connectivity index (χ1) is 17.6. The number of hydrogen-bond donors (Lipinski definition) is 1. The van der Waals surface area contributed by atoms with Crippen LogP contribution in [0.15, 0.2) is 70.4 Å². The van der Waals surface area contributed by atoms with Gasteiger partial charge in [0.15, 0.2) is 0 Å². The number of rotatable bonds is 8. The van der Waals surface area contributed by atoms with Gasteiger partial charge in [0.05, 0.1) is 18.1 Å². The number of hydrogen-bond acceptors (Lipinski definition) is 6. The number of nitrogens with zero attached hydrogens (tertiary/aromatic N) is 3. The lowest BCUT2D eigenvalue weighted by atomic mass is 10.0. The van der Waals surface area contributed by atoms with Crippen molar-refractivity contribution >= 4 is 40.2 Å². The first kappa shape index (κ1) is 26.5. The fourth-order valence-electron chi connectivity index (χ4n) is 3.63. The normalized spacial score (nSPS) is 12.5. The fraction of sp³-hybridized carbons (Fsp3) is 0.200. The predicted octanol–water partition coefficient (Wildman–Crippen LogP) is 5.77. The van der Waals surface area contributed by atoms with Crippen LogP contribution in [0.2, 0.25) is 5.02 Å². The Hall–Kier alpha value is -3.57. The third-order valence-electron chi connectivity index (χ3n) is 5.54. The molecule has 12 heteroatoms. The maximum Gasteiger partial charge on any atom is 0.417 e. The van der Waals surface area contributed by atoms with Crippen LogP contribution in [0, 0.1) is 0 Å². The van der Waals surface area contributed by atoms with Crippen LogP contribution in [-0.4, -0.2) is 38.4 Å². The number of alkyl halides is 3. The number of ether oxygens (including phenoxy) is 1. The van der Waals surface area contributed by atoms with Crippen LogP contribution in [0.25, 0.3) is 22.0 Å². The zero-order chi connectivity index (χ0) is 26.7. The largest absolute Gasteiger partial charge is 0.497 e. The Morgan fingerprint density at radius 2 is 1.81 bits per heavy atom. The molecule has 0 fully saturated rings. The van der Waals surface area contributed by atoms with Gasteiger partial charge in [-0.2, -0.15) is 13.2 Å². The molecule has 7 nitrogen and oxygen atoms in total. The van der Waals surface area contributed by atoms with E-state index >= 15 is 0 Å². The quantitative estimate of drug-likeness (QED) is 0.279. The molecule has 3 aromatic carbocycles. The van der Waals surface area contributed by atoms with Gasteiger partial charge >= 0.3 is 12.1 Å². The Morgan fingerprint density at radius 3 is 2.46 bits per heavy atom. The summed E-state index contributed by atoms with van der Waals surface area (Å²) >= 11 is 6.43. The minimum Gasteiger partial charge on any atom is -0.497 e. The topological polar surface area (TPSA) is 94.3 Å². The summed E-state index contributed by atoms with van der Waals surface area (Å²) in [6.45, 7) is -0.160. The van der Waals surface area contributed by atoms with Crippen LogP contribution < -0.4 is 10.3 Å². The molecule has 0 aliphatic carbocycles. The number of carbonyl (C=O) groups is 1. The molecule has 192 valence electrons. The van der Waals surface area contributed by atoms with Gasteiger partial charge in [-0.25, -0.2) is 4.68 Å². The first-order valence-corrected chi connectivity index (χ1v) is 12.1. The van der Waals surface area contributed by atoms with Crippen molar-refractivity contribution in [2.24, 2.45) is 0 Å². The van der Waals surface area contributed by atoms with Gasteiger partial charge in [0, 0.05) is 16.5 Å². The Labute approximate surface area is 217 Å². The summed E-state index contributed by atoms with van der Waals surface area (Å²) in [7, 11) is 1.44. The van der Waals surface area contributed by atoms with Crippen molar-refractivity contribution in [3.8, 4) is 16.9 Å². The summed E-state index contributed by atoms with van der Waals surface area (Å²) in [4.78, 5) is 24.5. The lowest BCUT2D eigenvalue weighted by Gasteiger charge is -2.18. The zero-order valence-electron chi connectivity index (χ0n) is 19.2. The summed E-state index contributed by atoms with van der Waals surface area (Å²) in [6.07, 6.45) is -4.88. The molecule has 0 aliphatic rings. The molecule has 37 heavy (non-hydrogen) atoms. The Kier molecular flexibility index (Phi) is 7.74. The number of aromatic nitrogens is 3. The van der Waals surface area contributed by atoms with Gasteiger partial charge < -0.3 is 9.84 Å². The Bertz CT molecular complexity index is 1510. The molecule has 0 saturated carbocycles. The van der Waals surface area contributed by atoms with Crippen molar-refractivity contribution in [3.05, 3.63) is 81.6 Å². The smallest absolute Gasteiger partial charge is 0.417 e. The van der Waals surface area contributed by atoms with E-state index in [1.807, 2.05) is 0 Å². The van der Waals surface area contributed by atoms with E-state index < -0.39 is 28.5 Å². The van der Waals surface area contributed by atoms with Crippen LogP contribution in [0.3, 0.4) is 0 Å². The second-order valence-corrected chi connectivity index (χ2v) is 9.63. The average Bonchev–Trinajstić information content (AvgIpc) is 2.87. The molecule has 0 aliphatic heterocycles. The molecular weight excluding hydrogens is 531 g/mol. The van der Waals surface area contributed by atoms with Gasteiger partial charge in [0.1, 0.15) is 16.5 Å². The lowest BCUT2D eigenvalue weighted by Crippen LogP contribution is -2.27. The van der Waals surface area contributed by atoms with Crippen molar-refractivity contribution in [3.63, 3.8) is 0 Å². The van der Waals surface area contributed by atoms with Gasteiger partial charge in [-0.3, -0.25) is 9.59 Å². The highest BCUT2D eigenvalue weighted by Crippen LogP contribution is 2.41. The lowest BCUT2D eigenvalue weighted by molar-refractivity contribution is -0.140. The molecule has 1 atom stereocenters. The van der Waals surface area contributed by atoms with Crippen LogP contribution >= 0.6 is 23.4 Å². The molecule has 0 radical (unpaired) electrons. The van der Waals surface area contributed by atoms with Crippen LogP contribution in [0.1, 0.15) is 12.0 Å². The molecule has 0 spiro atoms. The zero-order valence-corrected chi connectivity index (χ0v) is 20.8. The Balaban J connectivity index is 1.60. The van der Waals surface area contributed by atoms with Crippen molar-refractivity contribution in [2.75, 3.05) is 7.11 Å². The number of methoxy groups -OCH3 is 1. The Morgan fingerprint density at radius 1 is 1.11 bits per heavy atom. The van der Waals surface area contributed by atoms with Crippen molar-refractivity contribution < 1.29 is 27.8 Å². The second kappa shape index (κ2) is 10.8. The van der Waals surface area contributed by atoms with Gasteiger partial charge in [0.25, 0.3) is 5.56 Å². The molecule has 0 bridgehead atoms. The number of carboxylic acid groups (broad SMARTS) is 1. The summed E-state index contributed by atoms with van der Waals surface area (Å²) in [5.41, 5.74) is -0.283. The number of aliphatic carboxylic acids is 1. The molecule has 1 aromatic heterocycles. The van der Waals surface area contributed by atoms with E-state index in [1.165, 1.54) is 25.3 Å². The third kappa shape index (κ3) is 6.05. The van der Waals surface area contributed by atoms with E-state index in [9.17, 15) is 27.9 Å². The van der Waals surface area contributed by atoms with Crippen LogP contribution in [0.5, 0.6) is 5.75 Å². The summed E-state index contributed by atoms with van der Waals surface area (Å²) in [6, 6.07) is 14.7. The molecule has 1 unspecified atom stereocenters. The highest BCUT2D eigenvalue weighted by molar-refractivity contribution is 8.00. The molecule has 0 amide bonds. The predicted molar refractivity (Wildman–Crippen MR) is 134 cm³/mol. The van der Waals surface area contributed by atoms with Crippen LogP contribution in [0.4, 0.5) is 13.2 Å². The van der Waals surface area contributed by atoms with Crippen LogP contribution in [-0.2, 0) is 17.5 Å². The van der Waals surface area contributed by atoms with Gasteiger partial charge in [-0.1, -0.05) is 35.0 Å². The average molecular weight is 550 g/mol. The van der Waals surface area contributed by atoms with E-state index in [2.05, 4.69) is 10.3 Å². The number of aryl methyl sites for hydroxylation is 1. The number of benzene rings is 3. The minimum atomic E-state index is -4.71. The maximum atomic E-state index is 13.9. The monoisotopic (exact) mass is 549 g/mol. The van der Waals surface area contributed by atoms with Gasteiger partial charge in [-0.15, -0.1) is 16.9 Å². The second-order valence-electron chi connectivity index (χ2n) is 7.95. The highest BCUT2D eigenvalue weighted by Gasteiger charge is 2.35. The van der Waals surface area contributed by atoms with E-state index in [0.29, 0.717) is 39.2 Å². The van der Waals surface area contributed by atoms with E-state index in [-0.39, 0.29) is 23.2 Å². The van der Waals surface area contributed by atoms with Crippen molar-refractivity contribution in [1.82, 2.24) is 15.0 Å². The van der Waals surface area contributed by atoms with E-state index in [1.54, 1.807) is 36.4 Å². The standard InChI is InChI=1S/C25H19ClF3N3O4S/c1-36-17-7-8-20-18(13-17)23(33)32(31-30-20)11-10-22(24(34)35)37-21-9-4-15(12-19(21)25(27,28)29)14-2-5-16(26)6-3-14/h2-9,12-13,22H,10-11H2,1H3,(H,34,35). The molecule has 1 N–H and O–H groups in total. The minimum absolute atomic E-state index is 0.160. The van der Waals surface area contributed by atoms with Crippen molar-refractivity contribution in [1.29, 1.82) is 0 Å². The number of fused-ring (bicyclic) bond motifs is 1. The summed E-state index contributed by atoms with van der Waals surface area (Å²) in [5, 5.41) is 16.9. The number of halogens is 4. The molecule has 1 heterocycles. The molecule has 4 rings (SSSR count). The number of carboxylic acids is 1. The number of thioether (sulfide) groups is 1. The molecular formula is C25H19ClF3N3O4S. The highest BCUT2D eigenvalue weighted by atomic mass is 35.5. The van der Waals surface area contributed by atoms with Gasteiger partial charge in [-0.05, 0) is 60.0 Å². The fourth-order valence-corrected chi connectivity index (χ4v) is 4.84. The molecule has 0 saturated heterocycles. The third-order valence-corrected chi connectivity index (χ3v) is 7.12. The first-order valence-electron chi connectivity index (χ1n) is 10.8. The SMILES string of the molecule is COc1ccc2nnn(CCC(Sc3ccc(-c4ccc(Cl)cc4)cc3C(F)(F)F)C(=O)O)c(=O)c2c1. The van der Waals surface area contributed by atoms with E-state index in [4.69, 9.17) is 16.3 Å². The van der Waals surface area contributed by atoms with Gasteiger partial charge in [0.2, 0.25) is 0 Å². The van der Waals surface area contributed by atoms with Crippen molar-refractivity contribution in [2.45, 2.75) is 29.3 Å². The molecule has 4 aromatic rings.